The van der Waals surface area contributed by atoms with Crippen LogP contribution in [0.15, 0.2) is 59.4 Å². The minimum absolute atomic E-state index is 0.163. The summed E-state index contributed by atoms with van der Waals surface area (Å²) in [5, 5.41) is 0. The number of aryl methyl sites for hydroxylation is 2. The van der Waals surface area contributed by atoms with Crippen LogP contribution in [0.2, 0.25) is 0 Å². The van der Waals surface area contributed by atoms with E-state index in [1.165, 1.54) is 7.11 Å². The highest BCUT2D eigenvalue weighted by atomic mass is 16.5. The van der Waals surface area contributed by atoms with E-state index < -0.39 is 0 Å². The van der Waals surface area contributed by atoms with Gasteiger partial charge in [0.25, 0.3) is 5.56 Å². The first kappa shape index (κ1) is 21.5. The van der Waals surface area contributed by atoms with Crippen LogP contribution in [0.5, 0.6) is 0 Å². The van der Waals surface area contributed by atoms with Crippen molar-refractivity contribution < 1.29 is 9.53 Å². The van der Waals surface area contributed by atoms with Gasteiger partial charge in [-0.2, -0.15) is 4.98 Å². The van der Waals surface area contributed by atoms with Crippen molar-refractivity contribution in [2.75, 3.05) is 7.11 Å². The Morgan fingerprint density at radius 2 is 1.80 bits per heavy atom. The molecule has 0 spiro atoms. The molecule has 0 bridgehead atoms. The number of ether oxygens (including phenoxy) is 1. The van der Waals surface area contributed by atoms with Crippen molar-refractivity contribution in [1.82, 2.24) is 9.55 Å². The van der Waals surface area contributed by atoms with E-state index in [1.54, 1.807) is 12.1 Å². The fraction of sp³-hybridized carbons (Fsp3) is 0.320. The van der Waals surface area contributed by atoms with Gasteiger partial charge >= 0.3 is 5.97 Å². The molecule has 2 aromatic carbocycles. The van der Waals surface area contributed by atoms with Crippen molar-refractivity contribution in [3.8, 4) is 11.1 Å². The Morgan fingerprint density at radius 3 is 2.47 bits per heavy atom. The topological polar surface area (TPSA) is 61.2 Å². The van der Waals surface area contributed by atoms with Gasteiger partial charge in [-0.05, 0) is 35.6 Å². The van der Waals surface area contributed by atoms with Crippen molar-refractivity contribution in [2.45, 2.75) is 46.1 Å². The number of carbonyl (C=O) groups is 1. The molecular weight excluding hydrogens is 376 g/mol. The summed E-state index contributed by atoms with van der Waals surface area (Å²) in [6, 6.07) is 17.3. The van der Waals surface area contributed by atoms with Gasteiger partial charge in [0.2, 0.25) is 0 Å². The number of unbranched alkanes of at least 4 members (excludes halogenated alkanes) is 1. The summed E-state index contributed by atoms with van der Waals surface area (Å²) in [6.07, 6.45) is 3.69. The predicted octanol–water partition coefficient (Wildman–Crippen LogP) is 4.65. The molecule has 1 aromatic heterocycles. The van der Waals surface area contributed by atoms with Crippen LogP contribution >= 0.6 is 0 Å². The number of benzene rings is 2. The monoisotopic (exact) mass is 404 g/mol. The second-order valence-electron chi connectivity index (χ2n) is 7.28. The van der Waals surface area contributed by atoms with Gasteiger partial charge in [0, 0.05) is 24.7 Å². The molecule has 0 aliphatic heterocycles. The Hall–Kier alpha value is -3.21. The quantitative estimate of drug-likeness (QED) is 0.513. The molecule has 0 radical (unpaired) electrons. The van der Waals surface area contributed by atoms with Crippen molar-refractivity contribution in [1.29, 1.82) is 0 Å². The Morgan fingerprint density at radius 1 is 1.07 bits per heavy atom. The summed E-state index contributed by atoms with van der Waals surface area (Å²) >= 11 is 0. The molecule has 156 valence electrons. The molecule has 3 rings (SSSR count). The van der Waals surface area contributed by atoms with Gasteiger partial charge in [0.15, 0.2) is 0 Å². The molecule has 0 aliphatic carbocycles. The van der Waals surface area contributed by atoms with Crippen molar-refractivity contribution in [3.05, 3.63) is 87.6 Å². The molecule has 0 amide bonds. The molecule has 0 atom stereocenters. The maximum atomic E-state index is 12.1. The van der Waals surface area contributed by atoms with E-state index in [0.717, 1.165) is 47.5 Å². The zero-order valence-electron chi connectivity index (χ0n) is 17.9. The second kappa shape index (κ2) is 10.0. The normalized spacial score (nSPS) is 10.8. The number of methoxy groups -OCH3 is 1. The first-order valence-electron chi connectivity index (χ1n) is 10.4. The Bertz CT molecular complexity index is 1070. The van der Waals surface area contributed by atoms with E-state index in [4.69, 9.17) is 4.74 Å². The minimum Gasteiger partial charge on any atom is -0.465 e. The summed E-state index contributed by atoms with van der Waals surface area (Å²) in [7, 11) is 1.39. The molecule has 5 nitrogen and oxygen atoms in total. The van der Waals surface area contributed by atoms with Gasteiger partial charge in [0.05, 0.1) is 12.7 Å². The summed E-state index contributed by atoms with van der Waals surface area (Å²) in [4.78, 5) is 28.3. The number of carbonyl (C=O) groups excluding carboxylic acids is 1. The van der Waals surface area contributed by atoms with Crippen LogP contribution in [0.3, 0.4) is 0 Å². The summed E-state index contributed by atoms with van der Waals surface area (Å²) in [5.74, 6) is 0.468. The first-order valence-corrected chi connectivity index (χ1v) is 10.4. The SMILES string of the molecule is CCCCc1cc(=O)nc(CC)n1Cc1ccc(-c2ccccc2C(=O)OC)cc1. The lowest BCUT2D eigenvalue weighted by Gasteiger charge is -2.17. The van der Waals surface area contributed by atoms with Gasteiger partial charge in [-0.3, -0.25) is 4.79 Å². The fourth-order valence-electron chi connectivity index (χ4n) is 3.63. The lowest BCUT2D eigenvalue weighted by molar-refractivity contribution is 0.0601. The number of hydrogen-bond donors (Lipinski definition) is 0. The van der Waals surface area contributed by atoms with Crippen LogP contribution in [0.1, 0.15) is 54.1 Å². The lowest BCUT2D eigenvalue weighted by Crippen LogP contribution is -2.21. The van der Waals surface area contributed by atoms with Crippen LogP contribution in [0.4, 0.5) is 0 Å². The van der Waals surface area contributed by atoms with E-state index in [9.17, 15) is 9.59 Å². The number of hydrogen-bond acceptors (Lipinski definition) is 4. The van der Waals surface area contributed by atoms with Gasteiger partial charge in [-0.15, -0.1) is 0 Å². The van der Waals surface area contributed by atoms with Crippen LogP contribution in [-0.2, 0) is 24.1 Å². The van der Waals surface area contributed by atoms with Crippen LogP contribution in [0.25, 0.3) is 11.1 Å². The van der Waals surface area contributed by atoms with Gasteiger partial charge in [0.1, 0.15) is 5.82 Å². The lowest BCUT2D eigenvalue weighted by atomic mass is 9.98. The number of aromatic nitrogens is 2. The molecule has 0 fully saturated rings. The Balaban J connectivity index is 1.92. The third-order valence-corrected chi connectivity index (χ3v) is 5.23. The van der Waals surface area contributed by atoms with Gasteiger partial charge in [-0.1, -0.05) is 62.7 Å². The predicted molar refractivity (Wildman–Crippen MR) is 119 cm³/mol. The number of nitrogens with zero attached hydrogens (tertiary/aromatic N) is 2. The maximum absolute atomic E-state index is 12.1. The number of rotatable bonds is 8. The fourth-order valence-corrected chi connectivity index (χ4v) is 3.63. The van der Waals surface area contributed by atoms with Crippen molar-refractivity contribution in [2.24, 2.45) is 0 Å². The molecule has 30 heavy (non-hydrogen) atoms. The summed E-state index contributed by atoms with van der Waals surface area (Å²) in [6.45, 7) is 4.83. The Kier molecular flexibility index (Phi) is 7.17. The van der Waals surface area contributed by atoms with Gasteiger partial charge in [-0.25, -0.2) is 4.79 Å². The zero-order valence-corrected chi connectivity index (χ0v) is 17.9. The molecule has 0 saturated heterocycles. The van der Waals surface area contributed by atoms with E-state index in [1.807, 2.05) is 37.3 Å². The molecule has 1 heterocycles. The molecule has 3 aromatic rings. The molecule has 0 N–H and O–H groups in total. The largest absolute Gasteiger partial charge is 0.465 e. The third kappa shape index (κ3) is 4.85. The van der Waals surface area contributed by atoms with Gasteiger partial charge < -0.3 is 9.30 Å². The van der Waals surface area contributed by atoms with Crippen LogP contribution in [0, 0.1) is 0 Å². The maximum Gasteiger partial charge on any atom is 0.338 e. The van der Waals surface area contributed by atoms with E-state index in [0.29, 0.717) is 18.5 Å². The average molecular weight is 405 g/mol. The average Bonchev–Trinajstić information content (AvgIpc) is 2.78. The Labute approximate surface area is 177 Å². The van der Waals surface area contributed by atoms with E-state index >= 15 is 0 Å². The summed E-state index contributed by atoms with van der Waals surface area (Å²) < 4.78 is 7.07. The third-order valence-electron chi connectivity index (χ3n) is 5.23. The van der Waals surface area contributed by atoms with Crippen molar-refractivity contribution in [3.63, 3.8) is 0 Å². The van der Waals surface area contributed by atoms with Crippen LogP contribution in [-0.4, -0.2) is 22.6 Å². The highest BCUT2D eigenvalue weighted by Gasteiger charge is 2.13. The van der Waals surface area contributed by atoms with E-state index in [2.05, 4.69) is 28.6 Å². The first-order chi connectivity index (χ1) is 14.6. The molecular formula is C25H28N2O3. The smallest absolute Gasteiger partial charge is 0.338 e. The summed E-state index contributed by atoms with van der Waals surface area (Å²) in [5.41, 5.74) is 4.34. The van der Waals surface area contributed by atoms with E-state index in [-0.39, 0.29) is 11.5 Å². The second-order valence-corrected chi connectivity index (χ2v) is 7.28. The number of esters is 1. The molecule has 5 heteroatoms. The molecule has 0 saturated carbocycles. The minimum atomic E-state index is -0.345. The van der Waals surface area contributed by atoms with Crippen LogP contribution < -0.4 is 5.56 Å². The zero-order chi connectivity index (χ0) is 21.5. The molecule has 0 aliphatic rings. The molecule has 0 unspecified atom stereocenters. The highest BCUT2D eigenvalue weighted by molar-refractivity contribution is 5.97. The standard InChI is InChI=1S/C25H28N2O3/c1-4-6-9-20-16-24(28)26-23(5-2)27(20)17-18-12-14-19(15-13-18)21-10-7-8-11-22(21)25(29)30-3/h7-8,10-16H,4-6,9,17H2,1-3H3. The van der Waals surface area contributed by atoms with Crippen molar-refractivity contribution >= 4 is 5.97 Å². The highest BCUT2D eigenvalue weighted by Crippen LogP contribution is 2.25.